The Morgan fingerprint density at radius 3 is 2.89 bits per heavy atom. The van der Waals surface area contributed by atoms with Crippen LogP contribution in [0.25, 0.3) is 0 Å². The van der Waals surface area contributed by atoms with Crippen molar-refractivity contribution in [3.63, 3.8) is 0 Å². The normalized spacial score (nSPS) is 11.6. The van der Waals surface area contributed by atoms with Crippen LogP contribution < -0.4 is 11.1 Å². The molecule has 0 unspecified atom stereocenters. The van der Waals surface area contributed by atoms with Crippen molar-refractivity contribution in [2.24, 2.45) is 10.7 Å². The van der Waals surface area contributed by atoms with Crippen LogP contribution in [-0.2, 0) is 6.54 Å². The van der Waals surface area contributed by atoms with Gasteiger partial charge in [-0.3, -0.25) is 0 Å². The summed E-state index contributed by atoms with van der Waals surface area (Å²) in [7, 11) is 0. The fourth-order valence-corrected chi connectivity index (χ4v) is 2.35. The second-order valence-corrected chi connectivity index (χ2v) is 5.07. The molecule has 0 bridgehead atoms. The van der Waals surface area contributed by atoms with Crippen molar-refractivity contribution in [1.29, 1.82) is 0 Å². The van der Waals surface area contributed by atoms with Crippen LogP contribution in [0.15, 0.2) is 29.4 Å². The Morgan fingerprint density at radius 2 is 2.28 bits per heavy atom. The number of guanidine groups is 1. The van der Waals surface area contributed by atoms with Gasteiger partial charge in [-0.05, 0) is 26.0 Å². The average Bonchev–Trinajstić information content (AvgIpc) is 2.66. The zero-order chi connectivity index (χ0) is 13.0. The second-order valence-electron chi connectivity index (χ2n) is 3.78. The molecule has 0 saturated heterocycles. The minimum Gasteiger partial charge on any atom is -0.370 e. The topological polar surface area (TPSA) is 76.2 Å². The smallest absolute Gasteiger partial charge is 0.194 e. The summed E-state index contributed by atoms with van der Waals surface area (Å²) in [5.41, 5.74) is 6.81. The standard InChI is InChI=1S/C12H15N5S/c1-8-10(18-9(2)16-8)7-15-12(13)17-11-5-3-4-6-14-11/h3-6H,7H2,1-2H3,(H3,13,14,15,17). The van der Waals surface area contributed by atoms with Crippen molar-refractivity contribution < 1.29 is 0 Å². The molecule has 0 amide bonds. The minimum absolute atomic E-state index is 0.360. The van der Waals surface area contributed by atoms with E-state index in [-0.39, 0.29) is 0 Å². The van der Waals surface area contributed by atoms with Gasteiger partial charge in [0.2, 0.25) is 0 Å². The van der Waals surface area contributed by atoms with Gasteiger partial charge < -0.3 is 11.1 Å². The molecule has 0 atom stereocenters. The molecule has 2 aromatic heterocycles. The molecule has 6 heteroatoms. The van der Waals surface area contributed by atoms with E-state index in [0.29, 0.717) is 18.3 Å². The molecule has 2 rings (SSSR count). The third-order valence-corrected chi connectivity index (χ3v) is 3.37. The van der Waals surface area contributed by atoms with Crippen molar-refractivity contribution in [1.82, 2.24) is 9.97 Å². The largest absolute Gasteiger partial charge is 0.370 e. The Morgan fingerprint density at radius 1 is 1.44 bits per heavy atom. The summed E-state index contributed by atoms with van der Waals surface area (Å²) in [5.74, 6) is 1.05. The molecule has 0 saturated carbocycles. The maximum atomic E-state index is 5.79. The quantitative estimate of drug-likeness (QED) is 0.655. The molecule has 0 aliphatic heterocycles. The molecule has 2 aromatic rings. The number of aliphatic imine (C=N–C) groups is 1. The fourth-order valence-electron chi connectivity index (χ4n) is 1.48. The summed E-state index contributed by atoms with van der Waals surface area (Å²) in [6.45, 7) is 4.51. The predicted octanol–water partition coefficient (Wildman–Crippen LogP) is 2.08. The van der Waals surface area contributed by atoms with E-state index in [1.807, 2.05) is 32.0 Å². The lowest BCUT2D eigenvalue weighted by atomic mass is 10.4. The lowest BCUT2D eigenvalue weighted by molar-refractivity contribution is 1.05. The van der Waals surface area contributed by atoms with E-state index in [1.165, 1.54) is 0 Å². The number of aromatic nitrogens is 2. The first-order valence-electron chi connectivity index (χ1n) is 5.56. The number of pyridine rings is 1. The van der Waals surface area contributed by atoms with E-state index in [0.717, 1.165) is 15.6 Å². The zero-order valence-electron chi connectivity index (χ0n) is 10.3. The average molecular weight is 261 g/mol. The first kappa shape index (κ1) is 12.5. The summed E-state index contributed by atoms with van der Waals surface area (Å²) in [6, 6.07) is 5.58. The van der Waals surface area contributed by atoms with Crippen LogP contribution in [0.3, 0.4) is 0 Å². The molecule has 18 heavy (non-hydrogen) atoms. The van der Waals surface area contributed by atoms with Crippen LogP contribution >= 0.6 is 11.3 Å². The van der Waals surface area contributed by atoms with Gasteiger partial charge in [0.25, 0.3) is 0 Å². The molecule has 0 aliphatic rings. The number of aryl methyl sites for hydroxylation is 2. The number of anilines is 1. The number of nitrogens with two attached hydrogens (primary N) is 1. The van der Waals surface area contributed by atoms with E-state index in [2.05, 4.69) is 20.3 Å². The molecule has 0 spiro atoms. The van der Waals surface area contributed by atoms with Crippen LogP contribution in [0.2, 0.25) is 0 Å². The second kappa shape index (κ2) is 5.59. The first-order valence-corrected chi connectivity index (χ1v) is 6.37. The highest BCUT2D eigenvalue weighted by atomic mass is 32.1. The van der Waals surface area contributed by atoms with Gasteiger partial charge in [0.05, 0.1) is 17.2 Å². The van der Waals surface area contributed by atoms with Crippen LogP contribution in [0.1, 0.15) is 15.6 Å². The summed E-state index contributed by atoms with van der Waals surface area (Å²) in [5, 5.41) is 3.99. The lowest BCUT2D eigenvalue weighted by Crippen LogP contribution is -2.23. The molecular formula is C12H15N5S. The predicted molar refractivity (Wildman–Crippen MR) is 74.8 cm³/mol. The maximum Gasteiger partial charge on any atom is 0.194 e. The number of nitrogens with zero attached hydrogens (tertiary/aromatic N) is 3. The Hall–Kier alpha value is -1.95. The Balaban J connectivity index is 1.99. The fraction of sp³-hybridized carbons (Fsp3) is 0.250. The molecule has 0 aliphatic carbocycles. The summed E-state index contributed by atoms with van der Waals surface area (Å²) < 4.78 is 0. The Kier molecular flexibility index (Phi) is 3.88. The summed E-state index contributed by atoms with van der Waals surface area (Å²) in [4.78, 5) is 13.9. The molecule has 94 valence electrons. The number of nitrogens with one attached hydrogen (secondary N) is 1. The van der Waals surface area contributed by atoms with E-state index in [4.69, 9.17) is 5.73 Å². The van der Waals surface area contributed by atoms with Gasteiger partial charge in [0, 0.05) is 11.1 Å². The van der Waals surface area contributed by atoms with E-state index in [1.54, 1.807) is 17.5 Å². The molecule has 0 fully saturated rings. The number of rotatable bonds is 3. The lowest BCUT2D eigenvalue weighted by Gasteiger charge is -2.03. The number of hydrogen-bond acceptors (Lipinski definition) is 4. The van der Waals surface area contributed by atoms with Gasteiger partial charge in [-0.15, -0.1) is 11.3 Å². The van der Waals surface area contributed by atoms with Gasteiger partial charge in [-0.1, -0.05) is 6.07 Å². The summed E-state index contributed by atoms with van der Waals surface area (Å²) in [6.07, 6.45) is 1.70. The third kappa shape index (κ3) is 3.27. The van der Waals surface area contributed by atoms with Crippen LogP contribution in [-0.4, -0.2) is 15.9 Å². The third-order valence-electron chi connectivity index (χ3n) is 2.31. The minimum atomic E-state index is 0.360. The van der Waals surface area contributed by atoms with Crippen molar-refractivity contribution >= 4 is 23.1 Å². The zero-order valence-corrected chi connectivity index (χ0v) is 11.2. The molecule has 5 nitrogen and oxygen atoms in total. The number of hydrogen-bond donors (Lipinski definition) is 2. The highest BCUT2D eigenvalue weighted by Gasteiger charge is 2.03. The van der Waals surface area contributed by atoms with Crippen LogP contribution in [0, 0.1) is 13.8 Å². The molecule has 3 N–H and O–H groups in total. The van der Waals surface area contributed by atoms with E-state index >= 15 is 0 Å². The molecule has 0 aromatic carbocycles. The highest BCUT2D eigenvalue weighted by molar-refractivity contribution is 7.11. The van der Waals surface area contributed by atoms with Crippen LogP contribution in [0.4, 0.5) is 5.82 Å². The molecular weight excluding hydrogens is 246 g/mol. The van der Waals surface area contributed by atoms with Crippen LogP contribution in [0.5, 0.6) is 0 Å². The monoisotopic (exact) mass is 261 g/mol. The SMILES string of the molecule is Cc1nc(C)c(CN=C(N)Nc2ccccn2)s1. The van der Waals surface area contributed by atoms with Gasteiger partial charge in [-0.25, -0.2) is 15.0 Å². The van der Waals surface area contributed by atoms with E-state index < -0.39 is 0 Å². The van der Waals surface area contributed by atoms with Crippen molar-refractivity contribution in [3.05, 3.63) is 40.0 Å². The van der Waals surface area contributed by atoms with Gasteiger partial charge in [0.15, 0.2) is 5.96 Å². The Labute approximate surface area is 110 Å². The van der Waals surface area contributed by atoms with Gasteiger partial charge in [0.1, 0.15) is 5.82 Å². The molecule has 2 heterocycles. The van der Waals surface area contributed by atoms with Crippen molar-refractivity contribution in [2.45, 2.75) is 20.4 Å². The van der Waals surface area contributed by atoms with Crippen molar-refractivity contribution in [2.75, 3.05) is 5.32 Å². The van der Waals surface area contributed by atoms with Crippen molar-refractivity contribution in [3.8, 4) is 0 Å². The molecule has 0 radical (unpaired) electrons. The summed E-state index contributed by atoms with van der Waals surface area (Å²) >= 11 is 1.65. The van der Waals surface area contributed by atoms with Gasteiger partial charge in [-0.2, -0.15) is 0 Å². The maximum absolute atomic E-state index is 5.79. The van der Waals surface area contributed by atoms with Gasteiger partial charge >= 0.3 is 0 Å². The number of thiazole rings is 1. The highest BCUT2D eigenvalue weighted by Crippen LogP contribution is 2.17. The first-order chi connectivity index (χ1) is 8.65. The Bertz CT molecular complexity index is 547. The van der Waals surface area contributed by atoms with E-state index in [9.17, 15) is 0 Å².